The monoisotopic (exact) mass is 538 g/mol. The second-order valence-corrected chi connectivity index (χ2v) is 8.78. The van der Waals surface area contributed by atoms with Crippen molar-refractivity contribution in [1.82, 2.24) is 0 Å². The minimum Gasteiger partial charge on any atom is -0.481 e. The first-order valence-corrected chi connectivity index (χ1v) is 13.4. The van der Waals surface area contributed by atoms with Crippen LogP contribution >= 0.6 is 0 Å². The second kappa shape index (κ2) is 36.0. The molecule has 0 saturated carbocycles. The minimum atomic E-state index is -0.954. The Morgan fingerprint density at radius 2 is 0.865 bits per heavy atom. The van der Waals surface area contributed by atoms with Gasteiger partial charge in [0.15, 0.2) is 0 Å². The molecule has 0 aromatic carbocycles. The van der Waals surface area contributed by atoms with Crippen LogP contribution in [-0.4, -0.2) is 68.7 Å². The van der Waals surface area contributed by atoms with Crippen molar-refractivity contribution in [2.24, 2.45) is 0 Å². The number of rotatable bonds is 19. The molecule has 1 unspecified atom stereocenters. The fourth-order valence-electron chi connectivity index (χ4n) is 2.95. The molecule has 0 aromatic heterocycles. The number of ether oxygens (including phenoxy) is 1. The third kappa shape index (κ3) is 71.9. The topological polar surface area (TPSA) is 179 Å². The number of carbonyl (C=O) groups is 4. The van der Waals surface area contributed by atoms with Gasteiger partial charge in [-0.15, -0.1) is 0 Å². The number of aliphatic hydroxyl groups is 2. The van der Waals surface area contributed by atoms with Crippen molar-refractivity contribution in [3.63, 3.8) is 0 Å². The van der Waals surface area contributed by atoms with Crippen LogP contribution in [0.4, 0.5) is 0 Å². The van der Waals surface area contributed by atoms with E-state index in [0.29, 0.717) is 6.42 Å². The zero-order valence-electron chi connectivity index (χ0n) is 23.6. The molecule has 0 fully saturated rings. The lowest BCUT2D eigenvalue weighted by Gasteiger charge is -2.08. The van der Waals surface area contributed by atoms with Gasteiger partial charge < -0.3 is 30.3 Å². The lowest BCUT2D eigenvalue weighted by Crippen LogP contribution is -2.21. The zero-order valence-corrected chi connectivity index (χ0v) is 23.6. The number of hydrogen-bond donors (Lipinski definition) is 5. The van der Waals surface area contributed by atoms with E-state index in [4.69, 9.17) is 44.7 Å². The van der Waals surface area contributed by atoms with Crippen LogP contribution in [0.3, 0.4) is 0 Å². The highest BCUT2D eigenvalue weighted by Gasteiger charge is 2.07. The van der Waals surface area contributed by atoms with E-state index in [9.17, 15) is 4.79 Å². The van der Waals surface area contributed by atoms with E-state index < -0.39 is 24.0 Å². The van der Waals surface area contributed by atoms with Crippen LogP contribution < -0.4 is 0 Å². The van der Waals surface area contributed by atoms with Gasteiger partial charge in [0.05, 0.1) is 6.61 Å². The van der Waals surface area contributed by atoms with E-state index in [0.717, 1.165) is 33.6 Å². The molecule has 10 heteroatoms. The highest BCUT2D eigenvalue weighted by Crippen LogP contribution is 2.13. The number of carboxylic acids is 3. The maximum absolute atomic E-state index is 11.4. The molecule has 37 heavy (non-hydrogen) atoms. The summed E-state index contributed by atoms with van der Waals surface area (Å²) >= 11 is 0. The van der Waals surface area contributed by atoms with Crippen LogP contribution in [0.5, 0.6) is 0 Å². The smallest absolute Gasteiger partial charge is 0.305 e. The Kier molecular flexibility index (Phi) is 40.7. The Bertz CT molecular complexity index is 483. The first kappa shape index (κ1) is 41.9. The molecule has 0 radical (unpaired) electrons. The summed E-state index contributed by atoms with van der Waals surface area (Å²) in [6.45, 7) is 5.04. The summed E-state index contributed by atoms with van der Waals surface area (Å²) < 4.78 is 4.86. The largest absolute Gasteiger partial charge is 0.481 e. The average Bonchev–Trinajstić information content (AvgIpc) is 2.79. The number of carboxylic acid groups (broad SMARTS) is 3. The Morgan fingerprint density at radius 3 is 1.14 bits per heavy atom. The number of hydrogen-bond acceptors (Lipinski definition) is 7. The Labute approximate surface area is 223 Å². The maximum Gasteiger partial charge on any atom is 0.305 e. The van der Waals surface area contributed by atoms with Gasteiger partial charge in [0.1, 0.15) is 12.7 Å². The van der Waals surface area contributed by atoms with Gasteiger partial charge in [-0.3, -0.25) is 19.2 Å². The SMILES string of the molecule is CC(=O)O.CC(=O)O.CC(=O)O.CCCCCCCCCCCCCCCCCC(=O)OCC(O)CO. The van der Waals surface area contributed by atoms with Gasteiger partial charge in [-0.25, -0.2) is 0 Å². The van der Waals surface area contributed by atoms with Crippen molar-refractivity contribution in [3.05, 3.63) is 0 Å². The van der Waals surface area contributed by atoms with E-state index >= 15 is 0 Å². The molecule has 5 N–H and O–H groups in total. The average molecular weight is 539 g/mol. The summed E-state index contributed by atoms with van der Waals surface area (Å²) in [4.78, 5) is 38.4. The molecular formula is C27H54O10. The van der Waals surface area contributed by atoms with Gasteiger partial charge in [0.25, 0.3) is 17.9 Å². The third-order valence-corrected chi connectivity index (χ3v) is 4.63. The quantitative estimate of drug-likeness (QED) is 0.105. The van der Waals surface area contributed by atoms with Crippen LogP contribution in [0.15, 0.2) is 0 Å². The summed E-state index contributed by atoms with van der Waals surface area (Å²) in [6, 6.07) is 0. The van der Waals surface area contributed by atoms with Crippen molar-refractivity contribution in [1.29, 1.82) is 0 Å². The lowest BCUT2D eigenvalue weighted by molar-refractivity contribution is -0.147. The van der Waals surface area contributed by atoms with Crippen LogP contribution in [0.25, 0.3) is 0 Å². The number of unbranched alkanes of at least 4 members (excludes halogenated alkanes) is 14. The molecule has 0 aromatic rings. The Hall–Kier alpha value is -2.20. The van der Waals surface area contributed by atoms with Crippen molar-refractivity contribution in [2.45, 2.75) is 137 Å². The molecular weight excluding hydrogens is 484 g/mol. The molecule has 0 saturated heterocycles. The molecule has 0 heterocycles. The summed E-state index contributed by atoms with van der Waals surface area (Å²) in [7, 11) is 0. The maximum atomic E-state index is 11.4. The predicted molar refractivity (Wildman–Crippen MR) is 144 cm³/mol. The van der Waals surface area contributed by atoms with Crippen LogP contribution in [0, 0.1) is 0 Å². The van der Waals surface area contributed by atoms with E-state index in [1.165, 1.54) is 83.5 Å². The molecule has 0 spiro atoms. The third-order valence-electron chi connectivity index (χ3n) is 4.63. The highest BCUT2D eigenvalue weighted by atomic mass is 16.5. The molecule has 222 valence electrons. The lowest BCUT2D eigenvalue weighted by atomic mass is 10.0. The van der Waals surface area contributed by atoms with Crippen LogP contribution in [0.1, 0.15) is 130 Å². The van der Waals surface area contributed by atoms with E-state index in [1.54, 1.807) is 0 Å². The normalized spacial score (nSPS) is 10.3. The number of carbonyl (C=O) groups excluding carboxylic acids is 1. The molecule has 0 amide bonds. The van der Waals surface area contributed by atoms with Gasteiger partial charge in [-0.2, -0.15) is 0 Å². The second-order valence-electron chi connectivity index (χ2n) is 8.78. The minimum absolute atomic E-state index is 0.103. The van der Waals surface area contributed by atoms with Crippen molar-refractivity contribution < 1.29 is 49.4 Å². The number of esters is 1. The molecule has 1 atom stereocenters. The molecule has 0 rings (SSSR count). The van der Waals surface area contributed by atoms with Crippen molar-refractivity contribution in [2.75, 3.05) is 13.2 Å². The first-order chi connectivity index (χ1) is 17.4. The molecule has 0 aliphatic heterocycles. The van der Waals surface area contributed by atoms with E-state index in [-0.39, 0.29) is 19.2 Å². The predicted octanol–water partition coefficient (Wildman–Crippen LogP) is 5.42. The highest BCUT2D eigenvalue weighted by molar-refractivity contribution is 5.69. The fourth-order valence-corrected chi connectivity index (χ4v) is 2.95. The number of aliphatic hydroxyl groups excluding tert-OH is 2. The van der Waals surface area contributed by atoms with Gasteiger partial charge in [-0.1, -0.05) is 96.8 Å². The van der Waals surface area contributed by atoms with Crippen molar-refractivity contribution in [3.8, 4) is 0 Å². The van der Waals surface area contributed by atoms with E-state index in [1.807, 2.05) is 0 Å². The van der Waals surface area contributed by atoms with Crippen molar-refractivity contribution >= 4 is 23.9 Å². The number of aliphatic carboxylic acids is 3. The molecule has 0 aliphatic carbocycles. The molecule has 0 aliphatic rings. The van der Waals surface area contributed by atoms with Gasteiger partial charge in [0.2, 0.25) is 0 Å². The fraction of sp³-hybridized carbons (Fsp3) is 0.852. The summed E-state index contributed by atoms with van der Waals surface area (Å²) in [5.41, 5.74) is 0. The Morgan fingerprint density at radius 1 is 0.595 bits per heavy atom. The zero-order chi connectivity index (χ0) is 29.3. The summed E-state index contributed by atoms with van der Waals surface area (Å²) in [5, 5.41) is 40.0. The first-order valence-electron chi connectivity index (χ1n) is 13.4. The summed E-state index contributed by atoms with van der Waals surface area (Å²) in [5.74, 6) is -2.78. The summed E-state index contributed by atoms with van der Waals surface area (Å²) in [6.07, 6.45) is 19.0. The molecule has 10 nitrogen and oxygen atoms in total. The molecule has 0 bridgehead atoms. The van der Waals surface area contributed by atoms with Crippen LogP contribution in [-0.2, 0) is 23.9 Å². The van der Waals surface area contributed by atoms with Gasteiger partial charge >= 0.3 is 5.97 Å². The Balaban J connectivity index is -0.000000375. The van der Waals surface area contributed by atoms with E-state index in [2.05, 4.69) is 6.92 Å². The van der Waals surface area contributed by atoms with Crippen LogP contribution in [0.2, 0.25) is 0 Å². The van der Waals surface area contributed by atoms with Gasteiger partial charge in [0, 0.05) is 27.2 Å². The van der Waals surface area contributed by atoms with Gasteiger partial charge in [-0.05, 0) is 6.42 Å². The standard InChI is InChI=1S/C21H42O4.3C2H4O2/c1-2-3-4-5-6-7-8-9-10-11-12-13-14-15-16-17-21(24)25-19-20(23)18-22;3*1-2(3)4/h20,22-23H,2-19H2,1H3;3*1H3,(H,3,4).